The first kappa shape index (κ1) is 12.7. The topological polar surface area (TPSA) is 50.2 Å². The molecule has 0 spiro atoms. The predicted molar refractivity (Wildman–Crippen MR) is 77.7 cm³/mol. The Morgan fingerprint density at radius 1 is 1.45 bits per heavy atom. The largest absolute Gasteiger partial charge is 0.336 e. The lowest BCUT2D eigenvalue weighted by molar-refractivity contribution is 0.244. The van der Waals surface area contributed by atoms with E-state index in [1.54, 1.807) is 12.5 Å². The van der Waals surface area contributed by atoms with E-state index in [4.69, 9.17) is 0 Å². The molecule has 1 aromatic carbocycles. The third kappa shape index (κ3) is 2.39. The van der Waals surface area contributed by atoms with Gasteiger partial charge in [0.1, 0.15) is 0 Å². The molecule has 0 saturated heterocycles. The summed E-state index contributed by atoms with van der Waals surface area (Å²) < 4.78 is 1.95. The molecule has 2 aromatic rings. The van der Waals surface area contributed by atoms with Crippen molar-refractivity contribution in [2.24, 2.45) is 0 Å². The third-order valence-corrected chi connectivity index (χ3v) is 3.63. The lowest BCUT2D eigenvalue weighted by Gasteiger charge is -2.23. The maximum Gasteiger partial charge on any atom is 0.322 e. The standard InChI is InChI=1S/C15H18N4O/c1-12-10-13-4-2-3-5-14(13)19(12)15(20)17-7-9-18-8-6-16-11-18/h2-6,8,11-12H,7,9-10H2,1H3,(H,17,20)/t12-/m1/s1. The van der Waals surface area contributed by atoms with Gasteiger partial charge < -0.3 is 9.88 Å². The zero-order valence-corrected chi connectivity index (χ0v) is 11.5. The quantitative estimate of drug-likeness (QED) is 0.928. The summed E-state index contributed by atoms with van der Waals surface area (Å²) in [6, 6.07) is 8.27. The number of rotatable bonds is 3. The number of carbonyl (C=O) groups excluding carboxylic acids is 1. The van der Waals surface area contributed by atoms with Crippen molar-refractivity contribution < 1.29 is 4.79 Å². The molecule has 0 saturated carbocycles. The number of para-hydroxylation sites is 1. The summed E-state index contributed by atoms with van der Waals surface area (Å²) in [5.41, 5.74) is 2.27. The Balaban J connectivity index is 1.62. The highest BCUT2D eigenvalue weighted by molar-refractivity contribution is 5.94. The summed E-state index contributed by atoms with van der Waals surface area (Å²) >= 11 is 0. The Kier molecular flexibility index (Phi) is 3.41. The molecule has 5 nitrogen and oxygen atoms in total. The summed E-state index contributed by atoms with van der Waals surface area (Å²) in [6.07, 6.45) is 6.30. The average molecular weight is 270 g/mol. The number of carbonyl (C=O) groups is 1. The summed E-state index contributed by atoms with van der Waals surface area (Å²) in [5.74, 6) is 0. The van der Waals surface area contributed by atoms with Crippen molar-refractivity contribution >= 4 is 11.7 Å². The highest BCUT2D eigenvalue weighted by atomic mass is 16.2. The van der Waals surface area contributed by atoms with Crippen molar-refractivity contribution in [3.8, 4) is 0 Å². The van der Waals surface area contributed by atoms with Crippen LogP contribution >= 0.6 is 0 Å². The monoisotopic (exact) mass is 270 g/mol. The van der Waals surface area contributed by atoms with Gasteiger partial charge in [-0.05, 0) is 25.0 Å². The molecule has 2 heterocycles. The summed E-state index contributed by atoms with van der Waals surface area (Å²) in [6.45, 7) is 3.41. The molecule has 1 atom stereocenters. The van der Waals surface area contributed by atoms with Crippen LogP contribution in [-0.4, -0.2) is 28.2 Å². The molecule has 0 fully saturated rings. The first-order chi connectivity index (χ1) is 9.75. The van der Waals surface area contributed by atoms with Crippen molar-refractivity contribution in [1.82, 2.24) is 14.9 Å². The fraction of sp³-hybridized carbons (Fsp3) is 0.333. The molecule has 1 aliphatic heterocycles. The van der Waals surface area contributed by atoms with Gasteiger partial charge in [0, 0.05) is 37.2 Å². The van der Waals surface area contributed by atoms with Gasteiger partial charge in [0.25, 0.3) is 0 Å². The Morgan fingerprint density at radius 3 is 3.10 bits per heavy atom. The van der Waals surface area contributed by atoms with Gasteiger partial charge in [-0.1, -0.05) is 18.2 Å². The fourth-order valence-corrected chi connectivity index (χ4v) is 2.67. The second kappa shape index (κ2) is 5.36. The number of aromatic nitrogens is 2. The highest BCUT2D eigenvalue weighted by Gasteiger charge is 2.30. The minimum Gasteiger partial charge on any atom is -0.336 e. The lowest BCUT2D eigenvalue weighted by atomic mass is 10.1. The Morgan fingerprint density at radius 2 is 2.30 bits per heavy atom. The number of anilines is 1. The van der Waals surface area contributed by atoms with Crippen LogP contribution in [0.2, 0.25) is 0 Å². The number of fused-ring (bicyclic) bond motifs is 1. The van der Waals surface area contributed by atoms with Gasteiger partial charge in [0.2, 0.25) is 0 Å². The van der Waals surface area contributed by atoms with Crippen LogP contribution in [0.4, 0.5) is 10.5 Å². The van der Waals surface area contributed by atoms with Gasteiger partial charge in [0.05, 0.1) is 6.33 Å². The van der Waals surface area contributed by atoms with Gasteiger partial charge in [-0.3, -0.25) is 4.90 Å². The second-order valence-corrected chi connectivity index (χ2v) is 5.08. The van der Waals surface area contributed by atoms with Crippen molar-refractivity contribution in [2.45, 2.75) is 25.9 Å². The Hall–Kier alpha value is -2.30. The average Bonchev–Trinajstić information content (AvgIpc) is 3.04. The molecule has 1 aromatic heterocycles. The Labute approximate surface area is 118 Å². The van der Waals surface area contributed by atoms with E-state index in [2.05, 4.69) is 23.3 Å². The smallest absolute Gasteiger partial charge is 0.322 e. The SMILES string of the molecule is C[C@@H]1Cc2ccccc2N1C(=O)NCCn1ccnc1. The Bertz CT molecular complexity index is 594. The van der Waals surface area contributed by atoms with Gasteiger partial charge in [-0.15, -0.1) is 0 Å². The number of nitrogens with zero attached hydrogens (tertiary/aromatic N) is 3. The lowest BCUT2D eigenvalue weighted by Crippen LogP contribution is -2.44. The van der Waals surface area contributed by atoms with Crippen molar-refractivity contribution in [2.75, 3.05) is 11.4 Å². The van der Waals surface area contributed by atoms with E-state index in [1.807, 2.05) is 33.9 Å². The van der Waals surface area contributed by atoms with E-state index in [9.17, 15) is 4.79 Å². The van der Waals surface area contributed by atoms with E-state index in [-0.39, 0.29) is 12.1 Å². The van der Waals surface area contributed by atoms with Crippen LogP contribution in [0.3, 0.4) is 0 Å². The first-order valence-corrected chi connectivity index (χ1v) is 6.86. The maximum absolute atomic E-state index is 12.3. The maximum atomic E-state index is 12.3. The minimum absolute atomic E-state index is 0.0254. The molecule has 104 valence electrons. The molecule has 3 rings (SSSR count). The fourth-order valence-electron chi connectivity index (χ4n) is 2.67. The minimum atomic E-state index is -0.0254. The number of hydrogen-bond acceptors (Lipinski definition) is 2. The van der Waals surface area contributed by atoms with Crippen LogP contribution in [-0.2, 0) is 13.0 Å². The van der Waals surface area contributed by atoms with Crippen molar-refractivity contribution in [3.63, 3.8) is 0 Å². The van der Waals surface area contributed by atoms with Crippen LogP contribution in [0.5, 0.6) is 0 Å². The molecule has 20 heavy (non-hydrogen) atoms. The normalized spacial score (nSPS) is 17.1. The number of benzene rings is 1. The van der Waals surface area contributed by atoms with E-state index in [0.717, 1.165) is 18.7 Å². The van der Waals surface area contributed by atoms with Crippen molar-refractivity contribution in [3.05, 3.63) is 48.5 Å². The molecule has 1 N–H and O–H groups in total. The van der Waals surface area contributed by atoms with E-state index in [0.29, 0.717) is 6.54 Å². The number of amides is 2. The molecule has 1 aliphatic rings. The molecular weight excluding hydrogens is 252 g/mol. The zero-order valence-electron chi connectivity index (χ0n) is 11.5. The van der Waals surface area contributed by atoms with E-state index in [1.165, 1.54) is 5.56 Å². The van der Waals surface area contributed by atoms with E-state index < -0.39 is 0 Å². The first-order valence-electron chi connectivity index (χ1n) is 6.86. The summed E-state index contributed by atoms with van der Waals surface area (Å²) in [5, 5.41) is 2.97. The number of hydrogen-bond donors (Lipinski definition) is 1. The summed E-state index contributed by atoms with van der Waals surface area (Å²) in [4.78, 5) is 18.2. The zero-order chi connectivity index (χ0) is 13.9. The van der Waals surface area contributed by atoms with Crippen molar-refractivity contribution in [1.29, 1.82) is 0 Å². The summed E-state index contributed by atoms with van der Waals surface area (Å²) in [7, 11) is 0. The van der Waals surface area contributed by atoms with Crippen LogP contribution in [0.1, 0.15) is 12.5 Å². The molecule has 0 radical (unpaired) electrons. The number of nitrogens with one attached hydrogen (secondary N) is 1. The van der Waals surface area contributed by atoms with E-state index >= 15 is 0 Å². The molecule has 5 heteroatoms. The highest BCUT2D eigenvalue weighted by Crippen LogP contribution is 2.31. The van der Waals surface area contributed by atoms with Gasteiger partial charge >= 0.3 is 6.03 Å². The predicted octanol–water partition coefficient (Wildman–Crippen LogP) is 2.04. The number of imidazole rings is 1. The molecule has 2 amide bonds. The molecular formula is C15H18N4O. The second-order valence-electron chi connectivity index (χ2n) is 5.08. The molecule has 0 aliphatic carbocycles. The van der Waals surface area contributed by atoms with Gasteiger partial charge in [-0.25, -0.2) is 9.78 Å². The molecule has 0 unspecified atom stereocenters. The van der Waals surface area contributed by atoms with Crippen LogP contribution in [0, 0.1) is 0 Å². The van der Waals surface area contributed by atoms with Gasteiger partial charge in [-0.2, -0.15) is 0 Å². The molecule has 0 bridgehead atoms. The van der Waals surface area contributed by atoms with Crippen LogP contribution < -0.4 is 10.2 Å². The van der Waals surface area contributed by atoms with Crippen LogP contribution in [0.15, 0.2) is 43.0 Å². The third-order valence-electron chi connectivity index (χ3n) is 3.63. The van der Waals surface area contributed by atoms with Crippen LogP contribution in [0.25, 0.3) is 0 Å². The number of urea groups is 1. The van der Waals surface area contributed by atoms with Gasteiger partial charge in [0.15, 0.2) is 0 Å².